The summed E-state index contributed by atoms with van der Waals surface area (Å²) < 4.78 is 0. The summed E-state index contributed by atoms with van der Waals surface area (Å²) in [7, 11) is 2.18. The Morgan fingerprint density at radius 2 is 2.18 bits per heavy atom. The van der Waals surface area contributed by atoms with E-state index in [9.17, 15) is 0 Å². The molecule has 0 amide bonds. The van der Waals surface area contributed by atoms with Crippen molar-refractivity contribution in [2.75, 3.05) is 13.6 Å². The van der Waals surface area contributed by atoms with Crippen LogP contribution in [0.3, 0.4) is 0 Å². The van der Waals surface area contributed by atoms with Crippen LogP contribution in [0.2, 0.25) is 0 Å². The molecular formula is C9H14N2. The van der Waals surface area contributed by atoms with Gasteiger partial charge in [-0.05, 0) is 26.1 Å². The van der Waals surface area contributed by atoms with Crippen LogP contribution in [-0.2, 0) is 0 Å². The minimum absolute atomic E-state index is 0.509. The maximum Gasteiger partial charge on any atom is 0.101 e. The Kier molecular flexibility index (Phi) is 1.50. The standard InChI is InChI=1S/C9H14N2/c1-8-7-11-6-4-3-5-9(11)10(8)2/h3-6,8-9H,7H2,1-2H3. The van der Waals surface area contributed by atoms with Gasteiger partial charge in [0.25, 0.3) is 0 Å². The first-order valence-corrected chi connectivity index (χ1v) is 4.12. The molecule has 60 valence electrons. The fraction of sp³-hybridized carbons (Fsp3) is 0.556. The first-order chi connectivity index (χ1) is 5.29. The molecule has 2 heterocycles. The summed E-state index contributed by atoms with van der Waals surface area (Å²) in [4.78, 5) is 4.75. The van der Waals surface area contributed by atoms with E-state index in [2.05, 4.69) is 48.2 Å². The molecule has 1 fully saturated rings. The summed E-state index contributed by atoms with van der Waals surface area (Å²) in [5.74, 6) is 0. The van der Waals surface area contributed by atoms with Crippen LogP contribution in [0.15, 0.2) is 24.4 Å². The minimum Gasteiger partial charge on any atom is -0.357 e. The predicted molar refractivity (Wildman–Crippen MR) is 46.0 cm³/mol. The van der Waals surface area contributed by atoms with Crippen molar-refractivity contribution in [2.45, 2.75) is 19.1 Å². The average molecular weight is 150 g/mol. The SMILES string of the molecule is CC1CN2C=CC=CC2N1C. The molecule has 2 aliphatic heterocycles. The topological polar surface area (TPSA) is 6.48 Å². The molecule has 0 aromatic heterocycles. The fourth-order valence-electron chi connectivity index (χ4n) is 1.76. The lowest BCUT2D eigenvalue weighted by molar-refractivity contribution is 0.233. The van der Waals surface area contributed by atoms with Crippen molar-refractivity contribution >= 4 is 0 Å². The van der Waals surface area contributed by atoms with Gasteiger partial charge in [-0.2, -0.15) is 0 Å². The lowest BCUT2D eigenvalue weighted by Crippen LogP contribution is -2.34. The summed E-state index contributed by atoms with van der Waals surface area (Å²) >= 11 is 0. The van der Waals surface area contributed by atoms with Gasteiger partial charge < -0.3 is 4.90 Å². The van der Waals surface area contributed by atoms with Crippen LogP contribution in [0, 0.1) is 0 Å². The van der Waals surface area contributed by atoms with E-state index in [1.165, 1.54) is 0 Å². The van der Waals surface area contributed by atoms with Gasteiger partial charge in [-0.25, -0.2) is 0 Å². The molecule has 0 N–H and O–H groups in total. The van der Waals surface area contributed by atoms with Gasteiger partial charge in [-0.1, -0.05) is 6.08 Å². The van der Waals surface area contributed by atoms with Gasteiger partial charge in [0.2, 0.25) is 0 Å². The van der Waals surface area contributed by atoms with Crippen molar-refractivity contribution in [1.82, 2.24) is 9.80 Å². The van der Waals surface area contributed by atoms with E-state index in [-0.39, 0.29) is 0 Å². The zero-order chi connectivity index (χ0) is 7.84. The molecule has 0 aromatic carbocycles. The third-order valence-corrected chi connectivity index (χ3v) is 2.60. The van der Waals surface area contributed by atoms with Crippen LogP contribution in [0.4, 0.5) is 0 Å². The maximum absolute atomic E-state index is 2.39. The van der Waals surface area contributed by atoms with Crippen molar-refractivity contribution in [3.8, 4) is 0 Å². The quantitative estimate of drug-likeness (QED) is 0.509. The van der Waals surface area contributed by atoms with E-state index in [1.54, 1.807) is 0 Å². The van der Waals surface area contributed by atoms with Crippen LogP contribution >= 0.6 is 0 Å². The van der Waals surface area contributed by atoms with Gasteiger partial charge in [-0.15, -0.1) is 0 Å². The Morgan fingerprint density at radius 3 is 2.91 bits per heavy atom. The number of likely N-dealkylation sites (N-methyl/N-ethyl adjacent to an activating group) is 1. The second-order valence-electron chi connectivity index (χ2n) is 3.35. The van der Waals surface area contributed by atoms with Gasteiger partial charge >= 0.3 is 0 Å². The van der Waals surface area contributed by atoms with Crippen molar-refractivity contribution in [2.24, 2.45) is 0 Å². The molecule has 1 saturated heterocycles. The Bertz CT molecular complexity index is 208. The number of hydrogen-bond donors (Lipinski definition) is 0. The Balaban J connectivity index is 2.20. The number of allylic oxidation sites excluding steroid dienone is 2. The van der Waals surface area contributed by atoms with Gasteiger partial charge in [0.05, 0.1) is 0 Å². The smallest absolute Gasteiger partial charge is 0.101 e. The predicted octanol–water partition coefficient (Wildman–Crippen LogP) is 1.03. The van der Waals surface area contributed by atoms with Crippen molar-refractivity contribution in [3.05, 3.63) is 24.4 Å². The van der Waals surface area contributed by atoms with E-state index in [0.717, 1.165) is 6.54 Å². The van der Waals surface area contributed by atoms with Crippen molar-refractivity contribution in [3.63, 3.8) is 0 Å². The summed E-state index contributed by atoms with van der Waals surface area (Å²) in [6.07, 6.45) is 9.14. The molecule has 0 aromatic rings. The normalized spacial score (nSPS) is 36.4. The Hall–Kier alpha value is -0.760. The molecule has 2 atom stereocenters. The molecule has 0 bridgehead atoms. The highest BCUT2D eigenvalue weighted by atomic mass is 15.4. The third kappa shape index (κ3) is 0.979. The Morgan fingerprint density at radius 1 is 1.36 bits per heavy atom. The van der Waals surface area contributed by atoms with Crippen molar-refractivity contribution < 1.29 is 0 Å². The zero-order valence-corrected chi connectivity index (χ0v) is 7.07. The number of fused-ring (bicyclic) bond motifs is 1. The van der Waals surface area contributed by atoms with E-state index in [0.29, 0.717) is 12.2 Å². The van der Waals surface area contributed by atoms with Crippen molar-refractivity contribution in [1.29, 1.82) is 0 Å². The van der Waals surface area contributed by atoms with Crippen LogP contribution in [-0.4, -0.2) is 35.6 Å². The monoisotopic (exact) mass is 150 g/mol. The molecule has 0 aliphatic carbocycles. The summed E-state index contributed by atoms with van der Waals surface area (Å²) in [6.45, 7) is 3.42. The van der Waals surface area contributed by atoms with E-state index < -0.39 is 0 Å². The fourth-order valence-corrected chi connectivity index (χ4v) is 1.76. The Labute approximate surface area is 67.8 Å². The lowest BCUT2D eigenvalue weighted by Gasteiger charge is -2.25. The highest BCUT2D eigenvalue weighted by Gasteiger charge is 2.31. The number of hydrogen-bond acceptors (Lipinski definition) is 2. The number of nitrogens with zero attached hydrogens (tertiary/aromatic N) is 2. The van der Waals surface area contributed by atoms with Gasteiger partial charge in [0, 0.05) is 18.8 Å². The van der Waals surface area contributed by atoms with Gasteiger partial charge in [-0.3, -0.25) is 4.90 Å². The minimum atomic E-state index is 0.509. The lowest BCUT2D eigenvalue weighted by atomic mass is 10.3. The molecular weight excluding hydrogens is 136 g/mol. The third-order valence-electron chi connectivity index (χ3n) is 2.60. The average Bonchev–Trinajstić information content (AvgIpc) is 2.30. The molecule has 2 nitrogen and oxygen atoms in total. The zero-order valence-electron chi connectivity index (χ0n) is 7.07. The first kappa shape index (κ1) is 6.92. The summed E-state index contributed by atoms with van der Waals surface area (Å²) in [6, 6.07) is 0.674. The molecule has 2 unspecified atom stereocenters. The van der Waals surface area contributed by atoms with E-state index in [1.807, 2.05) is 0 Å². The van der Waals surface area contributed by atoms with E-state index in [4.69, 9.17) is 0 Å². The highest BCUT2D eigenvalue weighted by molar-refractivity contribution is 5.15. The molecule has 11 heavy (non-hydrogen) atoms. The molecule has 2 rings (SSSR count). The highest BCUT2D eigenvalue weighted by Crippen LogP contribution is 2.21. The second-order valence-corrected chi connectivity index (χ2v) is 3.35. The largest absolute Gasteiger partial charge is 0.357 e. The molecule has 2 heteroatoms. The molecule has 0 radical (unpaired) electrons. The first-order valence-electron chi connectivity index (χ1n) is 4.12. The second kappa shape index (κ2) is 2.38. The summed E-state index contributed by atoms with van der Waals surface area (Å²) in [5.41, 5.74) is 0. The maximum atomic E-state index is 2.39. The van der Waals surface area contributed by atoms with E-state index >= 15 is 0 Å². The van der Waals surface area contributed by atoms with Crippen LogP contribution in [0.25, 0.3) is 0 Å². The van der Waals surface area contributed by atoms with Crippen LogP contribution in [0.1, 0.15) is 6.92 Å². The van der Waals surface area contributed by atoms with Crippen LogP contribution in [0.5, 0.6) is 0 Å². The van der Waals surface area contributed by atoms with Gasteiger partial charge in [0.1, 0.15) is 6.17 Å². The molecule has 0 saturated carbocycles. The number of rotatable bonds is 0. The van der Waals surface area contributed by atoms with Gasteiger partial charge in [0.15, 0.2) is 0 Å². The summed E-state index contributed by atoms with van der Waals surface area (Å²) in [5, 5.41) is 0. The van der Waals surface area contributed by atoms with Crippen LogP contribution < -0.4 is 0 Å². The molecule has 2 aliphatic rings. The molecule has 0 spiro atoms.